The molecule has 5 nitrogen and oxygen atoms in total. The fraction of sp³-hybridized carbons (Fsp3) is 0.190. The molecular formula is C21H20N2O3. The molecule has 1 N–H and O–H groups in total. The third-order valence-corrected chi connectivity index (χ3v) is 3.64. The summed E-state index contributed by atoms with van der Waals surface area (Å²) < 4.78 is 4.91. The van der Waals surface area contributed by atoms with Gasteiger partial charge in [0, 0.05) is 11.8 Å². The third kappa shape index (κ3) is 5.91. The predicted molar refractivity (Wildman–Crippen MR) is 100 cm³/mol. The van der Waals surface area contributed by atoms with Gasteiger partial charge in [-0.2, -0.15) is 5.26 Å². The van der Waals surface area contributed by atoms with Crippen molar-refractivity contribution in [2.75, 3.05) is 11.9 Å². The van der Waals surface area contributed by atoms with E-state index < -0.39 is 18.5 Å². The molecule has 0 bridgehead atoms. The van der Waals surface area contributed by atoms with E-state index >= 15 is 0 Å². The number of nitrogens with zero attached hydrogens (tertiary/aromatic N) is 1. The van der Waals surface area contributed by atoms with Crippen LogP contribution in [0.3, 0.4) is 0 Å². The second-order valence-electron chi connectivity index (χ2n) is 6.00. The van der Waals surface area contributed by atoms with Gasteiger partial charge in [-0.25, -0.2) is 4.79 Å². The molecule has 5 heteroatoms. The van der Waals surface area contributed by atoms with Crippen molar-refractivity contribution >= 4 is 23.6 Å². The molecule has 0 saturated carbocycles. The molecule has 0 atom stereocenters. The maximum Gasteiger partial charge on any atom is 0.331 e. The largest absolute Gasteiger partial charge is 0.452 e. The van der Waals surface area contributed by atoms with E-state index in [4.69, 9.17) is 10.00 Å². The van der Waals surface area contributed by atoms with E-state index in [-0.39, 0.29) is 0 Å². The molecule has 0 radical (unpaired) electrons. The number of carbonyl (C=O) groups excluding carboxylic acids is 2. The van der Waals surface area contributed by atoms with E-state index in [0.717, 1.165) is 5.56 Å². The van der Waals surface area contributed by atoms with Crippen molar-refractivity contribution in [1.82, 2.24) is 0 Å². The monoisotopic (exact) mass is 348 g/mol. The van der Waals surface area contributed by atoms with Gasteiger partial charge in [-0.1, -0.05) is 44.2 Å². The first-order valence-corrected chi connectivity index (χ1v) is 8.23. The van der Waals surface area contributed by atoms with Crippen LogP contribution in [0, 0.1) is 11.3 Å². The lowest BCUT2D eigenvalue weighted by Crippen LogP contribution is -2.20. The molecule has 0 unspecified atom stereocenters. The number of nitrogens with one attached hydrogen (secondary N) is 1. The molecule has 0 spiro atoms. The van der Waals surface area contributed by atoms with Crippen LogP contribution in [-0.4, -0.2) is 18.5 Å². The summed E-state index contributed by atoms with van der Waals surface area (Å²) in [5, 5.41) is 11.4. The van der Waals surface area contributed by atoms with Crippen LogP contribution in [0.2, 0.25) is 0 Å². The van der Waals surface area contributed by atoms with E-state index in [1.807, 2.05) is 30.3 Å². The number of hydrogen-bond acceptors (Lipinski definition) is 4. The number of hydrogen-bond donors (Lipinski definition) is 1. The van der Waals surface area contributed by atoms with E-state index in [0.29, 0.717) is 17.2 Å². The summed E-state index contributed by atoms with van der Waals surface area (Å²) >= 11 is 0. The summed E-state index contributed by atoms with van der Waals surface area (Å²) in [7, 11) is 0. The highest BCUT2D eigenvalue weighted by molar-refractivity contribution is 5.94. The minimum Gasteiger partial charge on any atom is -0.452 e. The Balaban J connectivity index is 1.82. The molecule has 0 aliphatic carbocycles. The normalized spacial score (nSPS) is 10.5. The van der Waals surface area contributed by atoms with Gasteiger partial charge in [0.1, 0.15) is 0 Å². The topological polar surface area (TPSA) is 79.2 Å². The molecule has 2 aromatic carbocycles. The molecule has 26 heavy (non-hydrogen) atoms. The zero-order chi connectivity index (χ0) is 18.9. The van der Waals surface area contributed by atoms with Crippen LogP contribution in [-0.2, 0) is 14.3 Å². The Hall–Kier alpha value is -3.39. The zero-order valence-corrected chi connectivity index (χ0v) is 14.7. The SMILES string of the molecule is CC(C)c1ccc(/C=C/C(=O)OCC(=O)Nc2cccc(C#N)c2)cc1. The predicted octanol–water partition coefficient (Wildman–Crippen LogP) is 3.88. The minimum atomic E-state index is -0.598. The molecule has 0 aliphatic rings. The first-order valence-electron chi connectivity index (χ1n) is 8.23. The number of amides is 1. The van der Waals surface area contributed by atoms with Crippen LogP contribution < -0.4 is 5.32 Å². The first-order chi connectivity index (χ1) is 12.5. The summed E-state index contributed by atoms with van der Waals surface area (Å²) in [6.07, 6.45) is 2.93. The summed E-state index contributed by atoms with van der Waals surface area (Å²) in [6, 6.07) is 16.4. The highest BCUT2D eigenvalue weighted by atomic mass is 16.5. The Bertz CT molecular complexity index is 846. The summed E-state index contributed by atoms with van der Waals surface area (Å²) in [4.78, 5) is 23.5. The Morgan fingerprint density at radius 2 is 1.92 bits per heavy atom. The number of ether oxygens (including phenoxy) is 1. The Morgan fingerprint density at radius 1 is 1.19 bits per heavy atom. The number of carbonyl (C=O) groups is 2. The Kier molecular flexibility index (Phi) is 6.69. The van der Waals surface area contributed by atoms with Gasteiger partial charge in [0.15, 0.2) is 6.61 Å². The highest BCUT2D eigenvalue weighted by Gasteiger charge is 2.06. The zero-order valence-electron chi connectivity index (χ0n) is 14.7. The van der Waals surface area contributed by atoms with Crippen molar-refractivity contribution in [2.45, 2.75) is 19.8 Å². The molecule has 0 heterocycles. The van der Waals surface area contributed by atoms with Crippen LogP contribution in [0.25, 0.3) is 6.08 Å². The smallest absolute Gasteiger partial charge is 0.331 e. The number of rotatable bonds is 6. The van der Waals surface area contributed by atoms with Crippen molar-refractivity contribution in [3.8, 4) is 6.07 Å². The molecule has 0 aliphatic heterocycles. The van der Waals surface area contributed by atoms with E-state index in [1.54, 1.807) is 30.3 Å². The first kappa shape index (κ1) is 18.9. The quantitative estimate of drug-likeness (QED) is 0.635. The second-order valence-corrected chi connectivity index (χ2v) is 6.00. The number of anilines is 1. The van der Waals surface area contributed by atoms with Gasteiger partial charge in [-0.15, -0.1) is 0 Å². The van der Waals surface area contributed by atoms with Crippen molar-refractivity contribution in [3.63, 3.8) is 0 Å². The van der Waals surface area contributed by atoms with E-state index in [1.165, 1.54) is 11.6 Å². The Morgan fingerprint density at radius 3 is 2.58 bits per heavy atom. The molecule has 132 valence electrons. The van der Waals surface area contributed by atoms with Gasteiger partial charge >= 0.3 is 5.97 Å². The fourth-order valence-corrected chi connectivity index (χ4v) is 2.20. The second kappa shape index (κ2) is 9.19. The number of esters is 1. The average molecular weight is 348 g/mol. The van der Waals surface area contributed by atoms with Gasteiger partial charge in [-0.3, -0.25) is 4.79 Å². The number of benzene rings is 2. The van der Waals surface area contributed by atoms with Gasteiger partial charge in [0.2, 0.25) is 0 Å². The molecule has 0 saturated heterocycles. The summed E-state index contributed by atoms with van der Waals surface area (Å²) in [6.45, 7) is 3.83. The van der Waals surface area contributed by atoms with Gasteiger partial charge < -0.3 is 10.1 Å². The minimum absolute atomic E-state index is 0.397. The van der Waals surface area contributed by atoms with Crippen LogP contribution in [0.5, 0.6) is 0 Å². The summed E-state index contributed by atoms with van der Waals surface area (Å²) in [5.41, 5.74) is 3.02. The third-order valence-electron chi connectivity index (χ3n) is 3.64. The Labute approximate surface area is 152 Å². The molecule has 2 aromatic rings. The molecule has 1 amide bonds. The van der Waals surface area contributed by atoms with Gasteiger partial charge in [0.05, 0.1) is 11.6 Å². The van der Waals surface area contributed by atoms with E-state index in [2.05, 4.69) is 19.2 Å². The maximum absolute atomic E-state index is 11.8. The van der Waals surface area contributed by atoms with Crippen LogP contribution in [0.1, 0.15) is 36.5 Å². The van der Waals surface area contributed by atoms with Crippen molar-refractivity contribution < 1.29 is 14.3 Å². The van der Waals surface area contributed by atoms with Gasteiger partial charge in [-0.05, 0) is 41.3 Å². The average Bonchev–Trinajstić information content (AvgIpc) is 2.65. The molecule has 0 fully saturated rings. The van der Waals surface area contributed by atoms with Crippen LogP contribution >= 0.6 is 0 Å². The summed E-state index contributed by atoms with van der Waals surface area (Å²) in [5.74, 6) is -0.618. The van der Waals surface area contributed by atoms with Crippen molar-refractivity contribution in [1.29, 1.82) is 5.26 Å². The molecule has 2 rings (SSSR count). The molecule has 0 aromatic heterocycles. The fourth-order valence-electron chi connectivity index (χ4n) is 2.20. The standard InChI is InChI=1S/C21H20N2O3/c1-15(2)18-9-6-16(7-10-18)8-11-21(25)26-14-20(24)23-19-5-3-4-17(12-19)13-22/h3-12,15H,14H2,1-2H3,(H,23,24)/b11-8+. The van der Waals surface area contributed by atoms with Gasteiger partial charge in [0.25, 0.3) is 5.91 Å². The lowest BCUT2D eigenvalue weighted by molar-refractivity contribution is -0.142. The van der Waals surface area contributed by atoms with Crippen LogP contribution in [0.15, 0.2) is 54.6 Å². The van der Waals surface area contributed by atoms with Crippen molar-refractivity contribution in [3.05, 3.63) is 71.3 Å². The lowest BCUT2D eigenvalue weighted by atomic mass is 10.0. The highest BCUT2D eigenvalue weighted by Crippen LogP contribution is 2.15. The van der Waals surface area contributed by atoms with E-state index in [9.17, 15) is 9.59 Å². The maximum atomic E-state index is 11.8. The van der Waals surface area contributed by atoms with Crippen molar-refractivity contribution in [2.24, 2.45) is 0 Å². The van der Waals surface area contributed by atoms with Crippen LogP contribution in [0.4, 0.5) is 5.69 Å². The number of nitriles is 1. The molecular weight excluding hydrogens is 328 g/mol. The lowest BCUT2D eigenvalue weighted by Gasteiger charge is -2.06.